The van der Waals surface area contributed by atoms with E-state index in [-0.39, 0.29) is 24.6 Å². The van der Waals surface area contributed by atoms with E-state index in [4.69, 9.17) is 9.47 Å². The minimum atomic E-state index is -3.88. The number of unbranched alkanes of at least 4 members (excludes halogenated alkanes) is 1. The van der Waals surface area contributed by atoms with Crippen LogP contribution in [0.25, 0.3) is 0 Å². The highest BCUT2D eigenvalue weighted by atomic mass is 32.2. The number of fused-ring (bicyclic) bond motifs is 1. The van der Waals surface area contributed by atoms with Gasteiger partial charge in [-0.25, -0.2) is 8.42 Å². The van der Waals surface area contributed by atoms with Crippen molar-refractivity contribution in [3.63, 3.8) is 0 Å². The molecule has 9 nitrogen and oxygen atoms in total. The van der Waals surface area contributed by atoms with Gasteiger partial charge in [0.15, 0.2) is 11.5 Å². The molecule has 230 valence electrons. The van der Waals surface area contributed by atoms with Gasteiger partial charge >= 0.3 is 0 Å². The van der Waals surface area contributed by atoms with E-state index in [0.717, 1.165) is 33.8 Å². The molecular formula is C33H41N3O6S. The number of hydrogen-bond acceptors (Lipinski definition) is 6. The maximum Gasteiger partial charge on any atom is 0.244 e. The molecule has 4 rings (SSSR count). The zero-order valence-electron chi connectivity index (χ0n) is 25.1. The molecular weight excluding hydrogens is 566 g/mol. The highest BCUT2D eigenvalue weighted by Gasteiger charge is 2.34. The van der Waals surface area contributed by atoms with E-state index in [2.05, 4.69) is 5.32 Å². The molecule has 0 fully saturated rings. The summed E-state index contributed by atoms with van der Waals surface area (Å²) in [7, 11) is -3.88. The van der Waals surface area contributed by atoms with Crippen LogP contribution in [0.5, 0.6) is 11.5 Å². The van der Waals surface area contributed by atoms with Crippen LogP contribution in [0.1, 0.15) is 43.4 Å². The molecule has 0 aliphatic carbocycles. The molecule has 1 atom stereocenters. The van der Waals surface area contributed by atoms with Gasteiger partial charge < -0.3 is 19.7 Å². The van der Waals surface area contributed by atoms with E-state index in [1.54, 1.807) is 18.2 Å². The lowest BCUT2D eigenvalue weighted by atomic mass is 10.0. The lowest BCUT2D eigenvalue weighted by molar-refractivity contribution is -0.140. The summed E-state index contributed by atoms with van der Waals surface area (Å²) in [5.41, 5.74) is 3.05. The van der Waals surface area contributed by atoms with E-state index >= 15 is 0 Å². The van der Waals surface area contributed by atoms with Crippen LogP contribution >= 0.6 is 0 Å². The molecule has 1 N–H and O–H groups in total. The molecule has 0 saturated carbocycles. The molecule has 43 heavy (non-hydrogen) atoms. The summed E-state index contributed by atoms with van der Waals surface area (Å²) in [6, 6.07) is 21.3. The summed E-state index contributed by atoms with van der Waals surface area (Å²) in [6.45, 7) is 6.44. The number of anilines is 1. The SMILES string of the molecule is CCCCNC(=O)C(Cc1ccccc1)N(Cc1cccc(C)c1)C(=O)CN(c1ccc2c(c1)OCCO2)S(=O)(=O)CC. The zero-order valence-corrected chi connectivity index (χ0v) is 25.9. The van der Waals surface area contributed by atoms with Gasteiger partial charge in [0.2, 0.25) is 21.8 Å². The number of aryl methyl sites for hydroxylation is 1. The third-order valence-electron chi connectivity index (χ3n) is 7.33. The molecule has 0 radical (unpaired) electrons. The molecule has 0 bridgehead atoms. The number of nitrogens with zero attached hydrogens (tertiary/aromatic N) is 2. The first kappa shape index (κ1) is 31.9. The number of carbonyl (C=O) groups excluding carboxylic acids is 2. The van der Waals surface area contributed by atoms with Crippen molar-refractivity contribution in [1.29, 1.82) is 0 Å². The predicted molar refractivity (Wildman–Crippen MR) is 168 cm³/mol. The summed E-state index contributed by atoms with van der Waals surface area (Å²) in [5.74, 6) is -0.0378. The molecule has 1 heterocycles. The first-order chi connectivity index (χ1) is 20.7. The Hall–Kier alpha value is -4.05. The summed E-state index contributed by atoms with van der Waals surface area (Å²) in [4.78, 5) is 29.6. The van der Waals surface area contributed by atoms with E-state index in [1.807, 2.05) is 68.4 Å². The molecule has 1 unspecified atom stereocenters. The van der Waals surface area contributed by atoms with Crippen LogP contribution in [0, 0.1) is 6.92 Å². The number of ether oxygens (including phenoxy) is 2. The number of sulfonamides is 1. The van der Waals surface area contributed by atoms with Gasteiger partial charge in [0.25, 0.3) is 0 Å². The maximum absolute atomic E-state index is 14.3. The average Bonchev–Trinajstić information content (AvgIpc) is 3.01. The largest absolute Gasteiger partial charge is 0.486 e. The van der Waals surface area contributed by atoms with Crippen molar-refractivity contribution < 1.29 is 27.5 Å². The smallest absolute Gasteiger partial charge is 0.244 e. The second-order valence-corrected chi connectivity index (χ2v) is 12.8. The molecule has 0 spiro atoms. The molecule has 3 aromatic rings. The van der Waals surface area contributed by atoms with E-state index in [1.165, 1.54) is 11.8 Å². The number of hydrogen-bond donors (Lipinski definition) is 1. The van der Waals surface area contributed by atoms with Gasteiger partial charge in [0.05, 0.1) is 11.4 Å². The summed E-state index contributed by atoms with van der Waals surface area (Å²) < 4.78 is 39.2. The van der Waals surface area contributed by atoms with Crippen molar-refractivity contribution in [2.24, 2.45) is 0 Å². The van der Waals surface area contributed by atoms with Crippen molar-refractivity contribution in [1.82, 2.24) is 10.2 Å². The third kappa shape index (κ3) is 8.50. The Morgan fingerprint density at radius 1 is 0.907 bits per heavy atom. The number of amides is 2. The van der Waals surface area contributed by atoms with Crippen molar-refractivity contribution in [2.75, 3.05) is 36.4 Å². The quantitative estimate of drug-likeness (QED) is 0.271. The van der Waals surface area contributed by atoms with Crippen LogP contribution in [0.3, 0.4) is 0 Å². The minimum Gasteiger partial charge on any atom is -0.486 e. The fraction of sp³-hybridized carbons (Fsp3) is 0.394. The van der Waals surface area contributed by atoms with Crippen LogP contribution in [0.2, 0.25) is 0 Å². The number of nitrogens with one attached hydrogen (secondary N) is 1. The average molecular weight is 608 g/mol. The predicted octanol–water partition coefficient (Wildman–Crippen LogP) is 4.48. The highest BCUT2D eigenvalue weighted by molar-refractivity contribution is 7.92. The van der Waals surface area contributed by atoms with Crippen molar-refractivity contribution in [3.8, 4) is 11.5 Å². The van der Waals surface area contributed by atoms with E-state index < -0.39 is 28.5 Å². The number of rotatable bonds is 14. The minimum absolute atomic E-state index is 0.139. The summed E-state index contributed by atoms with van der Waals surface area (Å²) in [6.07, 6.45) is 2.00. The second-order valence-electron chi connectivity index (χ2n) is 10.6. The Balaban J connectivity index is 1.73. The standard InChI is InChI=1S/C33H41N3O6S/c1-4-6-17-34-33(38)29(21-26-12-8-7-9-13-26)35(23-27-14-10-11-25(3)20-27)32(37)24-36(43(39,40)5-2)28-15-16-30-31(22-28)42-19-18-41-30/h7-16,20,22,29H,4-6,17-19,21,23-24H2,1-3H3,(H,34,38). The summed E-state index contributed by atoms with van der Waals surface area (Å²) in [5, 5.41) is 3.00. The summed E-state index contributed by atoms with van der Waals surface area (Å²) >= 11 is 0. The van der Waals surface area contributed by atoms with Gasteiger partial charge in [-0.15, -0.1) is 0 Å². The molecule has 1 aliphatic rings. The topological polar surface area (TPSA) is 105 Å². The van der Waals surface area contributed by atoms with Gasteiger partial charge in [-0.3, -0.25) is 13.9 Å². The maximum atomic E-state index is 14.3. The molecule has 3 aromatic carbocycles. The highest BCUT2D eigenvalue weighted by Crippen LogP contribution is 2.35. The van der Waals surface area contributed by atoms with Gasteiger partial charge in [-0.2, -0.15) is 0 Å². The van der Waals surface area contributed by atoms with Gasteiger partial charge in [0, 0.05) is 25.6 Å². The first-order valence-corrected chi connectivity index (χ1v) is 16.4. The van der Waals surface area contributed by atoms with Crippen LogP contribution in [-0.2, 0) is 32.6 Å². The van der Waals surface area contributed by atoms with Crippen LogP contribution in [0.15, 0.2) is 72.8 Å². The number of benzene rings is 3. The lowest BCUT2D eigenvalue weighted by Gasteiger charge is -2.34. The van der Waals surface area contributed by atoms with Gasteiger partial charge in [0.1, 0.15) is 25.8 Å². The number of carbonyl (C=O) groups is 2. The van der Waals surface area contributed by atoms with Crippen molar-refractivity contribution in [3.05, 3.63) is 89.5 Å². The monoisotopic (exact) mass is 607 g/mol. The second kappa shape index (κ2) is 14.9. The Labute approximate surface area is 254 Å². The Bertz CT molecular complexity index is 1500. The van der Waals surface area contributed by atoms with Crippen LogP contribution in [0.4, 0.5) is 5.69 Å². The van der Waals surface area contributed by atoms with Crippen molar-refractivity contribution in [2.45, 2.75) is 52.6 Å². The van der Waals surface area contributed by atoms with Gasteiger partial charge in [-0.1, -0.05) is 73.5 Å². The molecule has 10 heteroatoms. The first-order valence-electron chi connectivity index (χ1n) is 14.8. The van der Waals surface area contributed by atoms with Crippen LogP contribution in [-0.4, -0.2) is 63.2 Å². The Kier molecular flexibility index (Phi) is 11.1. The van der Waals surface area contributed by atoms with E-state index in [9.17, 15) is 18.0 Å². The zero-order chi connectivity index (χ0) is 30.8. The third-order valence-corrected chi connectivity index (χ3v) is 9.07. The normalized spacial score (nSPS) is 13.2. The fourth-order valence-electron chi connectivity index (χ4n) is 4.97. The Morgan fingerprint density at radius 3 is 2.33 bits per heavy atom. The lowest BCUT2D eigenvalue weighted by Crippen LogP contribution is -2.53. The van der Waals surface area contributed by atoms with E-state index in [0.29, 0.717) is 36.9 Å². The molecule has 1 aliphatic heterocycles. The molecule has 0 saturated heterocycles. The molecule has 0 aromatic heterocycles. The van der Waals surface area contributed by atoms with Crippen molar-refractivity contribution >= 4 is 27.5 Å². The van der Waals surface area contributed by atoms with Crippen LogP contribution < -0.4 is 19.1 Å². The Morgan fingerprint density at radius 2 is 1.63 bits per heavy atom. The fourth-order valence-corrected chi connectivity index (χ4v) is 6.03. The van der Waals surface area contributed by atoms with Gasteiger partial charge in [-0.05, 0) is 43.5 Å². The molecule has 2 amide bonds.